The predicted molar refractivity (Wildman–Crippen MR) is 83.3 cm³/mol. The number of amides is 1. The van der Waals surface area contributed by atoms with Gasteiger partial charge in [-0.2, -0.15) is 0 Å². The van der Waals surface area contributed by atoms with Crippen molar-refractivity contribution in [1.82, 2.24) is 9.88 Å². The number of aromatic nitrogens is 1. The number of nitrogens with zero attached hydrogens (tertiary/aromatic N) is 2. The van der Waals surface area contributed by atoms with E-state index in [0.29, 0.717) is 5.56 Å². The van der Waals surface area contributed by atoms with E-state index in [9.17, 15) is 4.79 Å². The normalized spacial score (nSPS) is 12.0. The van der Waals surface area contributed by atoms with Crippen LogP contribution in [0.5, 0.6) is 0 Å². The third kappa shape index (κ3) is 3.17. The summed E-state index contributed by atoms with van der Waals surface area (Å²) in [6.07, 6.45) is 1.87. The smallest absolute Gasteiger partial charge is 0.253 e. The molecule has 5 heteroatoms. The quantitative estimate of drug-likeness (QED) is 0.939. The highest BCUT2D eigenvalue weighted by Gasteiger charge is 2.12. The Morgan fingerprint density at radius 2 is 2.15 bits per heavy atom. The summed E-state index contributed by atoms with van der Waals surface area (Å²) >= 11 is 1.62. The van der Waals surface area contributed by atoms with Gasteiger partial charge in [0.1, 0.15) is 0 Å². The van der Waals surface area contributed by atoms with Crippen LogP contribution < -0.4 is 5.32 Å². The first-order chi connectivity index (χ1) is 9.49. The largest absolute Gasteiger partial charge is 0.377 e. The summed E-state index contributed by atoms with van der Waals surface area (Å²) in [4.78, 5) is 18.9. The lowest BCUT2D eigenvalue weighted by atomic mass is 10.1. The third-order valence-corrected chi connectivity index (χ3v) is 4.10. The molecule has 2 aromatic rings. The molecule has 2 rings (SSSR count). The second-order valence-electron chi connectivity index (χ2n) is 5.00. The van der Waals surface area contributed by atoms with Crippen LogP contribution in [0, 0.1) is 6.92 Å². The summed E-state index contributed by atoms with van der Waals surface area (Å²) in [7, 11) is 3.52. The van der Waals surface area contributed by atoms with Gasteiger partial charge in [0.25, 0.3) is 5.91 Å². The molecule has 0 saturated carbocycles. The minimum Gasteiger partial charge on any atom is -0.377 e. The van der Waals surface area contributed by atoms with E-state index in [1.807, 2.05) is 36.8 Å². The second-order valence-corrected chi connectivity index (χ2v) is 5.92. The van der Waals surface area contributed by atoms with Crippen LogP contribution in [0.2, 0.25) is 0 Å². The van der Waals surface area contributed by atoms with E-state index in [2.05, 4.69) is 17.2 Å². The highest BCUT2D eigenvalue weighted by Crippen LogP contribution is 2.25. The van der Waals surface area contributed by atoms with Crippen molar-refractivity contribution >= 4 is 22.9 Å². The molecule has 0 fully saturated rings. The first-order valence-electron chi connectivity index (χ1n) is 6.46. The van der Waals surface area contributed by atoms with Gasteiger partial charge < -0.3 is 10.2 Å². The lowest BCUT2D eigenvalue weighted by Gasteiger charge is -2.17. The number of thiazole rings is 1. The molecule has 0 aliphatic heterocycles. The first-order valence-corrected chi connectivity index (χ1v) is 7.34. The molecule has 1 heterocycles. The van der Waals surface area contributed by atoms with E-state index in [0.717, 1.165) is 11.3 Å². The Hall–Kier alpha value is -1.88. The highest BCUT2D eigenvalue weighted by molar-refractivity contribution is 7.09. The molecular weight excluding hydrogens is 270 g/mol. The van der Waals surface area contributed by atoms with Gasteiger partial charge in [-0.25, -0.2) is 0 Å². The number of carbonyl (C=O) groups excluding carboxylic acids is 1. The first kappa shape index (κ1) is 14.5. The molecule has 106 valence electrons. The summed E-state index contributed by atoms with van der Waals surface area (Å²) < 4.78 is 0. The minimum absolute atomic E-state index is 0.0125. The number of hydrogen-bond acceptors (Lipinski definition) is 4. The molecule has 1 aromatic heterocycles. The third-order valence-electron chi connectivity index (χ3n) is 3.14. The number of hydrogen-bond donors (Lipinski definition) is 1. The van der Waals surface area contributed by atoms with E-state index in [1.54, 1.807) is 30.3 Å². The van der Waals surface area contributed by atoms with Gasteiger partial charge in [0.15, 0.2) is 0 Å². The molecule has 1 unspecified atom stereocenters. The fraction of sp³-hybridized carbons (Fsp3) is 0.333. The number of aryl methyl sites for hydroxylation is 1. The zero-order chi connectivity index (χ0) is 14.7. The van der Waals surface area contributed by atoms with Crippen LogP contribution in [0.25, 0.3) is 0 Å². The molecule has 0 bridgehead atoms. The molecule has 0 aliphatic carbocycles. The highest BCUT2D eigenvalue weighted by atomic mass is 32.1. The molecule has 0 spiro atoms. The van der Waals surface area contributed by atoms with Crippen molar-refractivity contribution in [3.63, 3.8) is 0 Å². The summed E-state index contributed by atoms with van der Waals surface area (Å²) in [6.45, 7) is 4.12. The molecule has 0 radical (unpaired) electrons. The van der Waals surface area contributed by atoms with Gasteiger partial charge in [0, 0.05) is 36.4 Å². The van der Waals surface area contributed by atoms with Gasteiger partial charge in [0.05, 0.1) is 11.6 Å². The van der Waals surface area contributed by atoms with Crippen LogP contribution in [0.4, 0.5) is 5.69 Å². The second kappa shape index (κ2) is 6.05. The van der Waals surface area contributed by atoms with Crippen LogP contribution in [-0.2, 0) is 0 Å². The van der Waals surface area contributed by atoms with Gasteiger partial charge in [-0.1, -0.05) is 6.07 Å². The molecule has 0 saturated heterocycles. The SMILES string of the molecule is Cc1ccc(C(=O)N(C)C)cc1NC(C)c1cncs1. The number of benzene rings is 1. The molecule has 1 N–H and O–H groups in total. The van der Waals surface area contributed by atoms with Crippen LogP contribution in [0.1, 0.15) is 33.8 Å². The van der Waals surface area contributed by atoms with Gasteiger partial charge in [-0.05, 0) is 31.5 Å². The fourth-order valence-corrected chi connectivity index (χ4v) is 2.54. The summed E-state index contributed by atoms with van der Waals surface area (Å²) in [5, 5.41) is 3.45. The molecule has 20 heavy (non-hydrogen) atoms. The van der Waals surface area contributed by atoms with Gasteiger partial charge in [-0.15, -0.1) is 11.3 Å². The molecule has 1 amide bonds. The molecule has 1 atom stereocenters. The van der Waals surface area contributed by atoms with E-state index in [1.165, 1.54) is 4.88 Å². The Bertz CT molecular complexity index is 593. The van der Waals surface area contributed by atoms with Crippen LogP contribution in [0.15, 0.2) is 29.9 Å². The Morgan fingerprint density at radius 1 is 1.40 bits per heavy atom. The Kier molecular flexibility index (Phi) is 4.39. The lowest BCUT2D eigenvalue weighted by molar-refractivity contribution is 0.0827. The van der Waals surface area contributed by atoms with E-state index in [4.69, 9.17) is 0 Å². The summed E-state index contributed by atoms with van der Waals surface area (Å²) in [5.74, 6) is 0.0125. The maximum Gasteiger partial charge on any atom is 0.253 e. The number of carbonyl (C=O) groups is 1. The predicted octanol–water partition coefficient (Wildman–Crippen LogP) is 3.33. The van der Waals surface area contributed by atoms with Crippen LogP contribution in [0.3, 0.4) is 0 Å². The van der Waals surface area contributed by atoms with Crippen molar-refractivity contribution in [2.45, 2.75) is 19.9 Å². The molecular formula is C15H19N3OS. The maximum atomic E-state index is 12.0. The van der Waals surface area contributed by atoms with Gasteiger partial charge >= 0.3 is 0 Å². The monoisotopic (exact) mass is 289 g/mol. The van der Waals surface area contributed by atoms with Crippen molar-refractivity contribution in [3.05, 3.63) is 45.9 Å². The average molecular weight is 289 g/mol. The number of rotatable bonds is 4. The minimum atomic E-state index is 0.0125. The van der Waals surface area contributed by atoms with Crippen molar-refractivity contribution < 1.29 is 4.79 Å². The summed E-state index contributed by atoms with van der Waals surface area (Å²) in [5.41, 5.74) is 4.63. The Labute approximate surface area is 123 Å². The number of anilines is 1. The van der Waals surface area contributed by atoms with E-state index in [-0.39, 0.29) is 11.9 Å². The van der Waals surface area contributed by atoms with Gasteiger partial charge in [-0.3, -0.25) is 9.78 Å². The lowest BCUT2D eigenvalue weighted by Crippen LogP contribution is -2.21. The number of nitrogens with one attached hydrogen (secondary N) is 1. The summed E-state index contributed by atoms with van der Waals surface area (Å²) in [6, 6.07) is 5.92. The average Bonchev–Trinajstić information content (AvgIpc) is 2.94. The van der Waals surface area contributed by atoms with E-state index >= 15 is 0 Å². The Balaban J connectivity index is 2.23. The van der Waals surface area contributed by atoms with Crippen molar-refractivity contribution in [2.75, 3.05) is 19.4 Å². The van der Waals surface area contributed by atoms with Crippen molar-refractivity contribution in [3.8, 4) is 0 Å². The Morgan fingerprint density at radius 3 is 2.75 bits per heavy atom. The topological polar surface area (TPSA) is 45.2 Å². The fourth-order valence-electron chi connectivity index (χ4n) is 1.91. The van der Waals surface area contributed by atoms with E-state index < -0.39 is 0 Å². The van der Waals surface area contributed by atoms with Gasteiger partial charge in [0.2, 0.25) is 0 Å². The van der Waals surface area contributed by atoms with Crippen LogP contribution >= 0.6 is 11.3 Å². The molecule has 0 aliphatic rings. The van der Waals surface area contributed by atoms with Crippen molar-refractivity contribution in [1.29, 1.82) is 0 Å². The van der Waals surface area contributed by atoms with Crippen molar-refractivity contribution in [2.24, 2.45) is 0 Å². The van der Waals surface area contributed by atoms with Crippen LogP contribution in [-0.4, -0.2) is 29.9 Å². The standard InChI is InChI=1S/C15H19N3OS/c1-10-5-6-12(15(19)18(3)4)7-13(10)17-11(2)14-8-16-9-20-14/h5-9,11,17H,1-4H3. The molecule has 1 aromatic carbocycles. The zero-order valence-electron chi connectivity index (χ0n) is 12.2. The molecule has 4 nitrogen and oxygen atoms in total. The maximum absolute atomic E-state index is 12.0. The zero-order valence-corrected chi connectivity index (χ0v) is 13.0.